The minimum absolute atomic E-state index is 0.229. The lowest BCUT2D eigenvalue weighted by Gasteiger charge is -2.10. The lowest BCUT2D eigenvalue weighted by Crippen LogP contribution is -2.35. The van der Waals surface area contributed by atoms with Crippen LogP contribution >= 0.6 is 0 Å². The van der Waals surface area contributed by atoms with E-state index in [0.717, 1.165) is 0 Å². The topological polar surface area (TPSA) is 41.1 Å². The lowest BCUT2D eigenvalue weighted by molar-refractivity contribution is 0.0945. The van der Waals surface area contributed by atoms with E-state index in [0.29, 0.717) is 18.7 Å². The van der Waals surface area contributed by atoms with Gasteiger partial charge in [-0.1, -0.05) is 13.8 Å². The Kier molecular flexibility index (Phi) is 5.15. The maximum absolute atomic E-state index is 13.2. The summed E-state index contributed by atoms with van der Waals surface area (Å²) in [6.07, 6.45) is 0. The standard InChI is InChI=1S/C12H15F3N2O/c1-7(2)16-3-4-17-12(18)11-9(14)5-8(13)6-10(11)15/h5-7,16H,3-4H2,1-2H3,(H,17,18). The van der Waals surface area contributed by atoms with E-state index in [1.165, 1.54) is 0 Å². The molecule has 1 aromatic rings. The van der Waals surface area contributed by atoms with Crippen LogP contribution in [0.5, 0.6) is 0 Å². The molecule has 1 aromatic carbocycles. The minimum Gasteiger partial charge on any atom is -0.351 e. The second-order valence-corrected chi connectivity index (χ2v) is 4.11. The number of benzene rings is 1. The number of hydrogen-bond donors (Lipinski definition) is 2. The molecule has 2 N–H and O–H groups in total. The van der Waals surface area contributed by atoms with Gasteiger partial charge in [-0.3, -0.25) is 4.79 Å². The van der Waals surface area contributed by atoms with Crippen molar-refractivity contribution in [2.75, 3.05) is 13.1 Å². The number of amides is 1. The fourth-order valence-electron chi connectivity index (χ4n) is 1.38. The highest BCUT2D eigenvalue weighted by molar-refractivity contribution is 5.94. The molecular weight excluding hydrogens is 245 g/mol. The molecule has 0 saturated heterocycles. The monoisotopic (exact) mass is 260 g/mol. The van der Waals surface area contributed by atoms with Crippen molar-refractivity contribution < 1.29 is 18.0 Å². The molecule has 1 rings (SSSR count). The molecule has 0 saturated carbocycles. The molecule has 6 heteroatoms. The lowest BCUT2D eigenvalue weighted by atomic mass is 10.2. The highest BCUT2D eigenvalue weighted by Crippen LogP contribution is 2.14. The summed E-state index contributed by atoms with van der Waals surface area (Å²) in [5, 5.41) is 5.38. The van der Waals surface area contributed by atoms with Crippen molar-refractivity contribution in [3.05, 3.63) is 35.1 Å². The van der Waals surface area contributed by atoms with Crippen LogP contribution in [-0.2, 0) is 0 Å². The first-order chi connectivity index (χ1) is 8.41. The average molecular weight is 260 g/mol. The van der Waals surface area contributed by atoms with Crippen LogP contribution in [0.4, 0.5) is 13.2 Å². The van der Waals surface area contributed by atoms with Gasteiger partial charge in [-0.05, 0) is 0 Å². The maximum Gasteiger partial charge on any atom is 0.257 e. The number of carbonyl (C=O) groups excluding carboxylic acids is 1. The summed E-state index contributed by atoms with van der Waals surface area (Å²) in [7, 11) is 0. The van der Waals surface area contributed by atoms with Gasteiger partial charge in [-0.2, -0.15) is 0 Å². The highest BCUT2D eigenvalue weighted by Gasteiger charge is 2.18. The fraction of sp³-hybridized carbons (Fsp3) is 0.417. The second-order valence-electron chi connectivity index (χ2n) is 4.11. The minimum atomic E-state index is -1.21. The van der Waals surface area contributed by atoms with Gasteiger partial charge in [-0.25, -0.2) is 13.2 Å². The Bertz CT molecular complexity index is 412. The molecule has 0 fully saturated rings. The van der Waals surface area contributed by atoms with Gasteiger partial charge in [0.25, 0.3) is 5.91 Å². The number of halogens is 3. The summed E-state index contributed by atoms with van der Waals surface area (Å²) in [5.41, 5.74) is -0.763. The molecule has 0 aliphatic rings. The second kappa shape index (κ2) is 6.39. The molecule has 0 heterocycles. The molecule has 0 bridgehead atoms. The Balaban J connectivity index is 2.62. The first kappa shape index (κ1) is 14.5. The van der Waals surface area contributed by atoms with Gasteiger partial charge in [-0.15, -0.1) is 0 Å². The van der Waals surface area contributed by atoms with Gasteiger partial charge >= 0.3 is 0 Å². The summed E-state index contributed by atoms with van der Waals surface area (Å²) < 4.78 is 39.1. The Morgan fingerprint density at radius 3 is 2.22 bits per heavy atom. The highest BCUT2D eigenvalue weighted by atomic mass is 19.1. The first-order valence-electron chi connectivity index (χ1n) is 5.58. The van der Waals surface area contributed by atoms with Crippen LogP contribution in [0.1, 0.15) is 24.2 Å². The van der Waals surface area contributed by atoms with Crippen molar-refractivity contribution in [2.24, 2.45) is 0 Å². The van der Waals surface area contributed by atoms with Gasteiger partial charge in [0, 0.05) is 31.3 Å². The van der Waals surface area contributed by atoms with Crippen molar-refractivity contribution in [3.8, 4) is 0 Å². The van der Waals surface area contributed by atoms with Crippen molar-refractivity contribution in [2.45, 2.75) is 19.9 Å². The molecule has 0 unspecified atom stereocenters. The Morgan fingerprint density at radius 2 is 1.72 bits per heavy atom. The third-order valence-electron chi connectivity index (χ3n) is 2.20. The molecule has 18 heavy (non-hydrogen) atoms. The summed E-state index contributed by atoms with van der Waals surface area (Å²) in [4.78, 5) is 11.5. The van der Waals surface area contributed by atoms with E-state index in [9.17, 15) is 18.0 Å². The van der Waals surface area contributed by atoms with E-state index in [4.69, 9.17) is 0 Å². The molecule has 1 amide bonds. The number of hydrogen-bond acceptors (Lipinski definition) is 2. The molecule has 0 spiro atoms. The number of carbonyl (C=O) groups is 1. The van der Waals surface area contributed by atoms with E-state index in [1.54, 1.807) is 0 Å². The van der Waals surface area contributed by atoms with Crippen molar-refractivity contribution in [1.29, 1.82) is 0 Å². The molecule has 100 valence electrons. The predicted octanol–water partition coefficient (Wildman–Crippen LogP) is 1.83. The molecule has 0 radical (unpaired) electrons. The zero-order valence-electron chi connectivity index (χ0n) is 10.2. The van der Waals surface area contributed by atoms with Crippen LogP contribution in [0.25, 0.3) is 0 Å². The quantitative estimate of drug-likeness (QED) is 0.793. The average Bonchev–Trinajstić information content (AvgIpc) is 2.22. The van der Waals surface area contributed by atoms with Crippen LogP contribution in [-0.4, -0.2) is 25.0 Å². The summed E-state index contributed by atoms with van der Waals surface area (Å²) in [6.45, 7) is 4.57. The van der Waals surface area contributed by atoms with Crippen LogP contribution in [0.15, 0.2) is 12.1 Å². The smallest absolute Gasteiger partial charge is 0.257 e. The van der Waals surface area contributed by atoms with Crippen molar-refractivity contribution >= 4 is 5.91 Å². The van der Waals surface area contributed by atoms with Gasteiger partial charge in [0.15, 0.2) is 0 Å². The van der Waals surface area contributed by atoms with Crippen LogP contribution in [0.3, 0.4) is 0 Å². The third-order valence-corrected chi connectivity index (χ3v) is 2.20. The van der Waals surface area contributed by atoms with E-state index in [1.807, 2.05) is 13.8 Å². The van der Waals surface area contributed by atoms with E-state index in [2.05, 4.69) is 10.6 Å². The summed E-state index contributed by atoms with van der Waals surface area (Å²) >= 11 is 0. The zero-order chi connectivity index (χ0) is 13.7. The van der Waals surface area contributed by atoms with Crippen LogP contribution < -0.4 is 10.6 Å². The maximum atomic E-state index is 13.2. The summed E-state index contributed by atoms with van der Waals surface area (Å²) in [6, 6.07) is 1.20. The fourth-order valence-corrected chi connectivity index (χ4v) is 1.38. The molecule has 0 aliphatic heterocycles. The van der Waals surface area contributed by atoms with Crippen LogP contribution in [0.2, 0.25) is 0 Å². The molecule has 3 nitrogen and oxygen atoms in total. The van der Waals surface area contributed by atoms with E-state index < -0.39 is 28.9 Å². The summed E-state index contributed by atoms with van der Waals surface area (Å²) in [5.74, 6) is -4.36. The Morgan fingerprint density at radius 1 is 1.17 bits per heavy atom. The van der Waals surface area contributed by atoms with Gasteiger partial charge in [0.2, 0.25) is 0 Å². The van der Waals surface area contributed by atoms with Crippen molar-refractivity contribution in [1.82, 2.24) is 10.6 Å². The number of nitrogens with one attached hydrogen (secondary N) is 2. The largest absolute Gasteiger partial charge is 0.351 e. The SMILES string of the molecule is CC(C)NCCNC(=O)c1c(F)cc(F)cc1F. The molecule has 0 aliphatic carbocycles. The van der Waals surface area contributed by atoms with Gasteiger partial charge in [0.1, 0.15) is 23.0 Å². The third kappa shape index (κ3) is 4.03. The molecular formula is C12H15F3N2O. The Hall–Kier alpha value is -1.56. The normalized spacial score (nSPS) is 10.8. The van der Waals surface area contributed by atoms with E-state index in [-0.39, 0.29) is 12.6 Å². The number of rotatable bonds is 5. The molecule has 0 aromatic heterocycles. The van der Waals surface area contributed by atoms with Crippen molar-refractivity contribution in [3.63, 3.8) is 0 Å². The zero-order valence-corrected chi connectivity index (χ0v) is 10.2. The predicted molar refractivity (Wildman–Crippen MR) is 61.8 cm³/mol. The Labute approximate surface area is 103 Å². The first-order valence-corrected chi connectivity index (χ1v) is 5.58. The van der Waals surface area contributed by atoms with Crippen LogP contribution in [0, 0.1) is 17.5 Å². The van der Waals surface area contributed by atoms with Gasteiger partial charge in [0.05, 0.1) is 0 Å². The molecule has 0 atom stereocenters. The van der Waals surface area contributed by atoms with E-state index >= 15 is 0 Å². The van der Waals surface area contributed by atoms with Gasteiger partial charge < -0.3 is 10.6 Å².